The highest BCUT2D eigenvalue weighted by atomic mass is 35.5. The topological polar surface area (TPSA) is 38.1 Å². The van der Waals surface area contributed by atoms with E-state index in [0.29, 0.717) is 10.7 Å². The molecule has 1 atom stereocenters. The van der Waals surface area contributed by atoms with Crippen molar-refractivity contribution in [3.8, 4) is 0 Å². The van der Waals surface area contributed by atoms with Crippen LogP contribution in [0.1, 0.15) is 34.9 Å². The van der Waals surface area contributed by atoms with Crippen LogP contribution in [0.3, 0.4) is 0 Å². The van der Waals surface area contributed by atoms with Crippen LogP contribution in [0.5, 0.6) is 0 Å². The average molecular weight is 290 g/mol. The summed E-state index contributed by atoms with van der Waals surface area (Å²) in [5.41, 5.74) is 1.64. The van der Waals surface area contributed by atoms with Gasteiger partial charge in [-0.15, -0.1) is 0 Å². The molecule has 1 aliphatic rings. The Kier molecular flexibility index (Phi) is 3.49. The van der Waals surface area contributed by atoms with Crippen molar-refractivity contribution in [3.63, 3.8) is 0 Å². The molecule has 1 saturated heterocycles. The molecule has 1 amide bonds. The highest BCUT2D eigenvalue weighted by molar-refractivity contribution is 6.30. The molecule has 0 saturated carbocycles. The number of benzene rings is 1. The Balaban J connectivity index is 1.85. The zero-order valence-electron chi connectivity index (χ0n) is 11.3. The van der Waals surface area contributed by atoms with Gasteiger partial charge in [0.1, 0.15) is 5.69 Å². The highest BCUT2D eigenvalue weighted by Crippen LogP contribution is 2.33. The monoisotopic (exact) mass is 289 g/mol. The molecule has 104 valence electrons. The molecule has 3 rings (SSSR count). The van der Waals surface area contributed by atoms with E-state index in [4.69, 9.17) is 11.6 Å². The fraction of sp³-hybridized carbons (Fsp3) is 0.333. The summed E-state index contributed by atoms with van der Waals surface area (Å²) in [6.07, 6.45) is 3.80. The lowest BCUT2D eigenvalue weighted by molar-refractivity contribution is 0.0729. The van der Waals surface area contributed by atoms with Crippen LogP contribution in [-0.4, -0.2) is 27.1 Å². The van der Waals surface area contributed by atoms with Crippen molar-refractivity contribution >= 4 is 17.5 Å². The molecule has 0 N–H and O–H groups in total. The summed E-state index contributed by atoms with van der Waals surface area (Å²) in [5, 5.41) is 4.92. The maximum atomic E-state index is 12.5. The first-order valence-electron chi connectivity index (χ1n) is 6.71. The van der Waals surface area contributed by atoms with Crippen molar-refractivity contribution in [3.05, 3.63) is 52.8 Å². The van der Waals surface area contributed by atoms with Gasteiger partial charge < -0.3 is 4.90 Å². The van der Waals surface area contributed by atoms with Crippen LogP contribution in [0.15, 0.2) is 36.5 Å². The summed E-state index contributed by atoms with van der Waals surface area (Å²) in [6, 6.07) is 9.63. The van der Waals surface area contributed by atoms with Gasteiger partial charge in [0.05, 0.1) is 6.04 Å². The van der Waals surface area contributed by atoms with E-state index in [1.165, 1.54) is 0 Å². The lowest BCUT2D eigenvalue weighted by atomic mass is 10.0. The Bertz CT molecular complexity index is 620. The minimum Gasteiger partial charge on any atom is -0.330 e. The van der Waals surface area contributed by atoms with E-state index in [9.17, 15) is 4.79 Å². The Morgan fingerprint density at radius 3 is 2.70 bits per heavy atom. The van der Waals surface area contributed by atoms with E-state index in [0.717, 1.165) is 24.9 Å². The van der Waals surface area contributed by atoms with Crippen molar-refractivity contribution in [2.45, 2.75) is 18.9 Å². The number of nitrogens with zero attached hydrogens (tertiary/aromatic N) is 3. The van der Waals surface area contributed by atoms with Gasteiger partial charge in [-0.3, -0.25) is 9.48 Å². The molecule has 0 spiro atoms. The molecule has 0 bridgehead atoms. The van der Waals surface area contributed by atoms with E-state index >= 15 is 0 Å². The zero-order chi connectivity index (χ0) is 14.1. The number of hydrogen-bond acceptors (Lipinski definition) is 2. The first kappa shape index (κ1) is 13.2. The molecule has 2 aromatic rings. The smallest absolute Gasteiger partial charge is 0.274 e. The van der Waals surface area contributed by atoms with E-state index < -0.39 is 0 Å². The summed E-state index contributed by atoms with van der Waals surface area (Å²) in [6.45, 7) is 0.780. The van der Waals surface area contributed by atoms with E-state index in [2.05, 4.69) is 5.10 Å². The van der Waals surface area contributed by atoms with Gasteiger partial charge in [-0.05, 0) is 36.6 Å². The maximum absolute atomic E-state index is 12.5. The van der Waals surface area contributed by atoms with Gasteiger partial charge in [-0.25, -0.2) is 0 Å². The fourth-order valence-electron chi connectivity index (χ4n) is 2.72. The second-order valence-electron chi connectivity index (χ2n) is 5.08. The molecule has 1 fully saturated rings. The zero-order valence-corrected chi connectivity index (χ0v) is 12.0. The van der Waals surface area contributed by atoms with Gasteiger partial charge in [-0.1, -0.05) is 23.7 Å². The standard InChI is InChI=1S/C15H16ClN3O/c1-18-10-8-13(17-18)15(20)19-9-2-3-14(19)11-4-6-12(16)7-5-11/h4-8,10,14H,2-3,9H2,1H3/t14-/m1/s1. The summed E-state index contributed by atoms with van der Waals surface area (Å²) in [5.74, 6) is 0.00282. The number of carbonyl (C=O) groups is 1. The second-order valence-corrected chi connectivity index (χ2v) is 5.52. The molecule has 1 aromatic heterocycles. The summed E-state index contributed by atoms with van der Waals surface area (Å²) in [4.78, 5) is 14.4. The van der Waals surface area contributed by atoms with Crippen molar-refractivity contribution in [2.24, 2.45) is 7.05 Å². The van der Waals surface area contributed by atoms with Crippen LogP contribution in [0, 0.1) is 0 Å². The van der Waals surface area contributed by atoms with Gasteiger partial charge in [-0.2, -0.15) is 5.10 Å². The summed E-state index contributed by atoms with van der Waals surface area (Å²) in [7, 11) is 1.82. The third-order valence-corrected chi connectivity index (χ3v) is 3.95. The SMILES string of the molecule is Cn1ccc(C(=O)N2CCC[C@@H]2c2ccc(Cl)cc2)n1. The maximum Gasteiger partial charge on any atom is 0.274 e. The van der Waals surface area contributed by atoms with Crippen LogP contribution in [0.4, 0.5) is 0 Å². The Morgan fingerprint density at radius 1 is 1.30 bits per heavy atom. The van der Waals surface area contributed by atoms with Crippen molar-refractivity contribution in [1.82, 2.24) is 14.7 Å². The minimum absolute atomic E-state index is 0.00282. The van der Waals surface area contributed by atoms with Crippen LogP contribution in [0.25, 0.3) is 0 Å². The molecule has 5 heteroatoms. The summed E-state index contributed by atoms with van der Waals surface area (Å²) < 4.78 is 1.65. The molecule has 2 heterocycles. The van der Waals surface area contributed by atoms with Gasteiger partial charge >= 0.3 is 0 Å². The number of carbonyl (C=O) groups excluding carboxylic acids is 1. The molecular formula is C15H16ClN3O. The predicted molar refractivity (Wildman–Crippen MR) is 77.7 cm³/mol. The molecular weight excluding hydrogens is 274 g/mol. The number of hydrogen-bond donors (Lipinski definition) is 0. The largest absolute Gasteiger partial charge is 0.330 e. The first-order valence-corrected chi connectivity index (χ1v) is 7.09. The Morgan fingerprint density at radius 2 is 2.05 bits per heavy atom. The van der Waals surface area contributed by atoms with E-state index in [1.807, 2.05) is 36.2 Å². The lowest BCUT2D eigenvalue weighted by Crippen LogP contribution is -2.30. The molecule has 1 aromatic carbocycles. The van der Waals surface area contributed by atoms with Gasteiger partial charge in [0.25, 0.3) is 5.91 Å². The number of aryl methyl sites for hydroxylation is 1. The van der Waals surface area contributed by atoms with E-state index in [1.54, 1.807) is 16.9 Å². The first-order chi connectivity index (χ1) is 9.65. The lowest BCUT2D eigenvalue weighted by Gasteiger charge is -2.24. The van der Waals surface area contributed by atoms with Crippen molar-refractivity contribution < 1.29 is 4.79 Å². The number of amides is 1. The highest BCUT2D eigenvalue weighted by Gasteiger charge is 2.31. The molecule has 4 nitrogen and oxygen atoms in total. The molecule has 0 unspecified atom stereocenters. The fourth-order valence-corrected chi connectivity index (χ4v) is 2.84. The third-order valence-electron chi connectivity index (χ3n) is 3.70. The molecule has 20 heavy (non-hydrogen) atoms. The normalized spacial score (nSPS) is 18.5. The molecule has 0 radical (unpaired) electrons. The Labute approximate surface area is 123 Å². The Hall–Kier alpha value is -1.81. The van der Waals surface area contributed by atoms with Crippen LogP contribution in [0.2, 0.25) is 5.02 Å². The number of likely N-dealkylation sites (tertiary alicyclic amines) is 1. The predicted octanol–water partition coefficient (Wildman–Crippen LogP) is 3.05. The van der Waals surface area contributed by atoms with Gasteiger partial charge in [0, 0.05) is 24.8 Å². The van der Waals surface area contributed by atoms with Crippen molar-refractivity contribution in [1.29, 1.82) is 0 Å². The second kappa shape index (κ2) is 5.29. The third kappa shape index (κ3) is 2.43. The van der Waals surface area contributed by atoms with Crippen molar-refractivity contribution in [2.75, 3.05) is 6.54 Å². The molecule has 1 aliphatic heterocycles. The molecule has 0 aliphatic carbocycles. The van der Waals surface area contributed by atoms with Crippen LogP contribution >= 0.6 is 11.6 Å². The number of halogens is 1. The van der Waals surface area contributed by atoms with Gasteiger partial charge in [0.2, 0.25) is 0 Å². The van der Waals surface area contributed by atoms with E-state index in [-0.39, 0.29) is 11.9 Å². The quantitative estimate of drug-likeness (QED) is 0.852. The average Bonchev–Trinajstić information content (AvgIpc) is 3.07. The van der Waals surface area contributed by atoms with Crippen LogP contribution in [-0.2, 0) is 7.05 Å². The minimum atomic E-state index is 0.00282. The van der Waals surface area contributed by atoms with Gasteiger partial charge in [0.15, 0.2) is 0 Å². The summed E-state index contributed by atoms with van der Waals surface area (Å²) >= 11 is 5.92. The number of rotatable bonds is 2. The van der Waals surface area contributed by atoms with Crippen LogP contribution < -0.4 is 0 Å². The number of aromatic nitrogens is 2.